The number of hydrogen-bond acceptors (Lipinski definition) is 3. The van der Waals surface area contributed by atoms with Gasteiger partial charge in [0.25, 0.3) is 0 Å². The van der Waals surface area contributed by atoms with Gasteiger partial charge in [0, 0.05) is 10.9 Å². The third kappa shape index (κ3) is 2.24. The maximum Gasteiger partial charge on any atom is 0.306 e. The van der Waals surface area contributed by atoms with Crippen molar-refractivity contribution in [2.75, 3.05) is 0 Å². The first-order chi connectivity index (χ1) is 8.52. The van der Waals surface area contributed by atoms with Crippen LogP contribution < -0.4 is 0 Å². The SMILES string of the molecule is CCc1ccc2oc(C(O)CC(=O)O)c(C)c2c1. The lowest BCUT2D eigenvalue weighted by molar-refractivity contribution is -0.139. The Morgan fingerprint density at radius 1 is 1.44 bits per heavy atom. The zero-order valence-corrected chi connectivity index (χ0v) is 10.4. The molecule has 4 nitrogen and oxygen atoms in total. The van der Waals surface area contributed by atoms with Crippen LogP contribution in [0.4, 0.5) is 0 Å². The summed E-state index contributed by atoms with van der Waals surface area (Å²) in [4.78, 5) is 10.6. The highest BCUT2D eigenvalue weighted by Gasteiger charge is 2.20. The van der Waals surface area contributed by atoms with Gasteiger partial charge in [-0.2, -0.15) is 0 Å². The Morgan fingerprint density at radius 2 is 2.17 bits per heavy atom. The van der Waals surface area contributed by atoms with E-state index in [1.807, 2.05) is 25.1 Å². The van der Waals surface area contributed by atoms with Crippen molar-refractivity contribution in [2.24, 2.45) is 0 Å². The summed E-state index contributed by atoms with van der Waals surface area (Å²) in [6, 6.07) is 5.85. The van der Waals surface area contributed by atoms with Crippen molar-refractivity contribution >= 4 is 16.9 Å². The number of carboxylic acid groups (broad SMARTS) is 1. The molecule has 1 atom stereocenters. The number of carbonyl (C=O) groups is 1. The van der Waals surface area contributed by atoms with E-state index in [1.165, 1.54) is 5.56 Å². The van der Waals surface area contributed by atoms with Crippen molar-refractivity contribution in [1.29, 1.82) is 0 Å². The number of benzene rings is 1. The average Bonchev–Trinajstić information content (AvgIpc) is 2.65. The number of aryl methyl sites for hydroxylation is 2. The van der Waals surface area contributed by atoms with Crippen molar-refractivity contribution in [3.8, 4) is 0 Å². The minimum Gasteiger partial charge on any atom is -0.481 e. The Hall–Kier alpha value is -1.81. The molecule has 1 heterocycles. The van der Waals surface area contributed by atoms with Gasteiger partial charge in [-0.15, -0.1) is 0 Å². The Labute approximate surface area is 105 Å². The van der Waals surface area contributed by atoms with Crippen LogP contribution in [-0.4, -0.2) is 16.2 Å². The second kappa shape index (κ2) is 4.82. The van der Waals surface area contributed by atoms with Crippen LogP contribution in [-0.2, 0) is 11.2 Å². The maximum absolute atomic E-state index is 10.6. The lowest BCUT2D eigenvalue weighted by atomic mass is 10.0. The monoisotopic (exact) mass is 248 g/mol. The van der Waals surface area contributed by atoms with E-state index in [9.17, 15) is 9.90 Å². The van der Waals surface area contributed by atoms with Crippen LogP contribution in [0.1, 0.15) is 36.3 Å². The molecule has 1 aromatic carbocycles. The Morgan fingerprint density at radius 3 is 2.78 bits per heavy atom. The van der Waals surface area contributed by atoms with Gasteiger partial charge >= 0.3 is 5.97 Å². The molecule has 0 saturated heterocycles. The van der Waals surface area contributed by atoms with Crippen LogP contribution in [0.15, 0.2) is 22.6 Å². The summed E-state index contributed by atoms with van der Waals surface area (Å²) in [6.45, 7) is 3.91. The van der Waals surface area contributed by atoms with Crippen LogP contribution in [0.2, 0.25) is 0 Å². The smallest absolute Gasteiger partial charge is 0.306 e. The van der Waals surface area contributed by atoms with Gasteiger partial charge in [0.15, 0.2) is 0 Å². The molecule has 0 spiro atoms. The molecule has 2 N–H and O–H groups in total. The van der Waals surface area contributed by atoms with E-state index in [0.29, 0.717) is 11.3 Å². The molecule has 0 radical (unpaired) electrons. The number of hydrogen-bond donors (Lipinski definition) is 2. The quantitative estimate of drug-likeness (QED) is 0.872. The van der Waals surface area contributed by atoms with Crippen LogP contribution >= 0.6 is 0 Å². The molecule has 0 bridgehead atoms. The molecule has 0 aliphatic carbocycles. The van der Waals surface area contributed by atoms with Gasteiger partial charge in [-0.25, -0.2) is 0 Å². The summed E-state index contributed by atoms with van der Waals surface area (Å²) in [6.07, 6.45) is -0.519. The number of rotatable bonds is 4. The minimum absolute atomic E-state index is 0.346. The van der Waals surface area contributed by atoms with Gasteiger partial charge < -0.3 is 14.6 Å². The first kappa shape index (κ1) is 12.6. The number of aliphatic carboxylic acids is 1. The van der Waals surface area contributed by atoms with Gasteiger partial charge in [-0.1, -0.05) is 13.0 Å². The van der Waals surface area contributed by atoms with Gasteiger partial charge in [0.05, 0.1) is 6.42 Å². The topological polar surface area (TPSA) is 70.7 Å². The van der Waals surface area contributed by atoms with E-state index in [4.69, 9.17) is 9.52 Å². The molecule has 2 rings (SSSR count). The number of carboxylic acids is 1. The highest BCUT2D eigenvalue weighted by molar-refractivity contribution is 5.83. The van der Waals surface area contributed by atoms with Crippen molar-refractivity contribution in [1.82, 2.24) is 0 Å². The fraction of sp³-hybridized carbons (Fsp3) is 0.357. The lowest BCUT2D eigenvalue weighted by Gasteiger charge is -2.04. The molecule has 1 aromatic heterocycles. The number of aliphatic hydroxyl groups excluding tert-OH is 1. The van der Waals surface area contributed by atoms with Crippen molar-refractivity contribution in [3.63, 3.8) is 0 Å². The molecule has 4 heteroatoms. The predicted molar refractivity (Wildman–Crippen MR) is 67.5 cm³/mol. The number of furan rings is 1. The molecule has 0 aliphatic heterocycles. The van der Waals surface area contributed by atoms with Crippen molar-refractivity contribution in [2.45, 2.75) is 32.8 Å². The average molecular weight is 248 g/mol. The predicted octanol–water partition coefficient (Wildman–Crippen LogP) is 2.81. The van der Waals surface area contributed by atoms with E-state index in [-0.39, 0.29) is 6.42 Å². The fourth-order valence-corrected chi connectivity index (χ4v) is 2.08. The molecular weight excluding hydrogens is 232 g/mol. The molecule has 0 amide bonds. The third-order valence-electron chi connectivity index (χ3n) is 3.12. The second-order valence-electron chi connectivity index (χ2n) is 4.39. The Bertz CT molecular complexity index is 583. The molecule has 96 valence electrons. The van der Waals surface area contributed by atoms with E-state index in [2.05, 4.69) is 6.92 Å². The van der Waals surface area contributed by atoms with Crippen LogP contribution in [0.25, 0.3) is 11.0 Å². The van der Waals surface area contributed by atoms with Crippen LogP contribution in [0.3, 0.4) is 0 Å². The second-order valence-corrected chi connectivity index (χ2v) is 4.39. The molecule has 0 fully saturated rings. The third-order valence-corrected chi connectivity index (χ3v) is 3.12. The van der Waals surface area contributed by atoms with Gasteiger partial charge in [0.1, 0.15) is 17.4 Å². The first-order valence-electron chi connectivity index (χ1n) is 5.94. The standard InChI is InChI=1S/C14H16O4/c1-3-9-4-5-12-10(6-9)8(2)14(18-12)11(15)7-13(16)17/h4-6,11,15H,3,7H2,1-2H3,(H,16,17). The first-order valence-corrected chi connectivity index (χ1v) is 5.94. The Balaban J connectivity index is 2.46. The molecule has 1 unspecified atom stereocenters. The van der Waals surface area contributed by atoms with E-state index >= 15 is 0 Å². The maximum atomic E-state index is 10.6. The summed E-state index contributed by atoms with van der Waals surface area (Å²) in [5.41, 5.74) is 2.68. The van der Waals surface area contributed by atoms with Gasteiger partial charge in [0.2, 0.25) is 0 Å². The summed E-state index contributed by atoms with van der Waals surface area (Å²) in [5, 5.41) is 19.5. The number of aliphatic hydroxyl groups is 1. The van der Waals surface area contributed by atoms with E-state index < -0.39 is 12.1 Å². The normalized spacial score (nSPS) is 12.8. The van der Waals surface area contributed by atoms with Crippen LogP contribution in [0, 0.1) is 6.92 Å². The Kier molecular flexibility index (Phi) is 3.39. The minimum atomic E-state index is -1.10. The lowest BCUT2D eigenvalue weighted by Crippen LogP contribution is -2.05. The summed E-state index contributed by atoms with van der Waals surface area (Å²) in [7, 11) is 0. The molecule has 2 aromatic rings. The van der Waals surface area contributed by atoms with Crippen molar-refractivity contribution in [3.05, 3.63) is 35.1 Å². The highest BCUT2D eigenvalue weighted by atomic mass is 16.4. The molecule has 0 saturated carbocycles. The largest absolute Gasteiger partial charge is 0.481 e. The molecule has 18 heavy (non-hydrogen) atoms. The van der Waals surface area contributed by atoms with E-state index in [1.54, 1.807) is 0 Å². The fourth-order valence-electron chi connectivity index (χ4n) is 2.08. The summed E-state index contributed by atoms with van der Waals surface area (Å²) < 4.78 is 5.55. The zero-order chi connectivity index (χ0) is 13.3. The molecule has 0 aliphatic rings. The zero-order valence-electron chi connectivity index (χ0n) is 10.4. The van der Waals surface area contributed by atoms with Gasteiger partial charge in [-0.05, 0) is 31.0 Å². The number of fused-ring (bicyclic) bond motifs is 1. The van der Waals surface area contributed by atoms with Gasteiger partial charge in [-0.3, -0.25) is 4.79 Å². The molecular formula is C14H16O4. The summed E-state index contributed by atoms with van der Waals surface area (Å²) >= 11 is 0. The van der Waals surface area contributed by atoms with Crippen molar-refractivity contribution < 1.29 is 19.4 Å². The van der Waals surface area contributed by atoms with Crippen LogP contribution in [0.5, 0.6) is 0 Å². The summed E-state index contributed by atoms with van der Waals surface area (Å²) in [5.74, 6) is -0.697. The highest BCUT2D eigenvalue weighted by Crippen LogP contribution is 2.31. The van der Waals surface area contributed by atoms with E-state index in [0.717, 1.165) is 17.4 Å².